The number of aromatic nitrogens is 2. The number of halogens is 1. The third-order valence-electron chi connectivity index (χ3n) is 4.22. The van der Waals surface area contributed by atoms with Crippen molar-refractivity contribution in [1.82, 2.24) is 9.55 Å². The zero-order valence-electron chi connectivity index (χ0n) is 16.1. The fraction of sp³-hybridized carbons (Fsp3) is 0.350. The minimum Gasteiger partial charge on any atom is -0.383 e. The van der Waals surface area contributed by atoms with Gasteiger partial charge in [-0.05, 0) is 36.6 Å². The molecule has 0 aliphatic heterocycles. The van der Waals surface area contributed by atoms with Gasteiger partial charge in [0.05, 0.1) is 0 Å². The first-order valence-corrected chi connectivity index (χ1v) is 9.64. The number of nitrogens with one attached hydrogen (secondary N) is 1. The molecule has 0 spiro atoms. The van der Waals surface area contributed by atoms with Gasteiger partial charge in [0.2, 0.25) is 0 Å². The Labute approximate surface area is 168 Å². The summed E-state index contributed by atoms with van der Waals surface area (Å²) in [7, 11) is 0. The predicted molar refractivity (Wildman–Crippen MR) is 114 cm³/mol. The standard InChI is InChI=1S/C20H25ClN4O3/c1-3-5-13-25-18(22)17(19(27)23-20(25)28)24(12-4-2)16(26)11-8-14-6-9-15(21)10-7-14/h6-11H,3-5,12-13,22H2,1-2H3,(H,23,27,28)/b11-8+. The molecule has 0 bridgehead atoms. The molecule has 0 saturated carbocycles. The minimum absolute atomic E-state index is 0.00306. The van der Waals surface area contributed by atoms with Gasteiger partial charge in [-0.1, -0.05) is 44.0 Å². The molecule has 8 heteroatoms. The van der Waals surface area contributed by atoms with Crippen molar-refractivity contribution >= 4 is 35.1 Å². The molecule has 1 amide bonds. The lowest BCUT2D eigenvalue weighted by atomic mass is 10.2. The second-order valence-corrected chi connectivity index (χ2v) is 6.81. The summed E-state index contributed by atoms with van der Waals surface area (Å²) in [4.78, 5) is 40.9. The summed E-state index contributed by atoms with van der Waals surface area (Å²) in [6.45, 7) is 4.55. The number of unbranched alkanes of at least 4 members (excludes halogenated alkanes) is 1. The summed E-state index contributed by atoms with van der Waals surface area (Å²) in [5, 5.41) is 0.602. The second kappa shape index (κ2) is 9.94. The highest BCUT2D eigenvalue weighted by Gasteiger charge is 2.22. The molecule has 1 heterocycles. The van der Waals surface area contributed by atoms with E-state index in [4.69, 9.17) is 17.3 Å². The summed E-state index contributed by atoms with van der Waals surface area (Å²) < 4.78 is 1.30. The van der Waals surface area contributed by atoms with Crippen LogP contribution < -0.4 is 21.9 Å². The molecule has 28 heavy (non-hydrogen) atoms. The summed E-state index contributed by atoms with van der Waals surface area (Å²) in [6.07, 6.45) is 5.22. The lowest BCUT2D eigenvalue weighted by Gasteiger charge is -2.23. The predicted octanol–water partition coefficient (Wildman–Crippen LogP) is 3.03. The highest BCUT2D eigenvalue weighted by atomic mass is 35.5. The van der Waals surface area contributed by atoms with Gasteiger partial charge in [-0.3, -0.25) is 19.1 Å². The van der Waals surface area contributed by atoms with Crippen LogP contribution in [0.2, 0.25) is 5.02 Å². The van der Waals surface area contributed by atoms with E-state index < -0.39 is 17.2 Å². The molecule has 1 aromatic carbocycles. The molecule has 2 rings (SSSR count). The van der Waals surface area contributed by atoms with Crippen LogP contribution in [0, 0.1) is 0 Å². The van der Waals surface area contributed by atoms with Gasteiger partial charge in [-0.2, -0.15) is 0 Å². The van der Waals surface area contributed by atoms with Gasteiger partial charge < -0.3 is 10.6 Å². The maximum atomic E-state index is 12.8. The molecule has 150 valence electrons. The van der Waals surface area contributed by atoms with E-state index in [2.05, 4.69) is 4.98 Å². The first-order chi connectivity index (χ1) is 13.4. The van der Waals surface area contributed by atoms with Crippen molar-refractivity contribution in [3.8, 4) is 0 Å². The fourth-order valence-corrected chi connectivity index (χ4v) is 2.89. The molecule has 2 aromatic rings. The Kier molecular flexibility index (Phi) is 7.63. The Morgan fingerprint density at radius 1 is 1.21 bits per heavy atom. The number of nitrogen functional groups attached to an aromatic ring is 1. The van der Waals surface area contributed by atoms with E-state index in [1.54, 1.807) is 30.3 Å². The zero-order chi connectivity index (χ0) is 20.7. The highest BCUT2D eigenvalue weighted by molar-refractivity contribution is 6.30. The SMILES string of the molecule is CCCCn1c(N)c(N(CCC)C(=O)/C=C/c2ccc(Cl)cc2)c(=O)[nH]c1=O. The second-order valence-electron chi connectivity index (χ2n) is 6.37. The maximum Gasteiger partial charge on any atom is 0.330 e. The molecule has 0 unspecified atom stereocenters. The number of H-pyrrole nitrogens is 1. The quantitative estimate of drug-likeness (QED) is 0.660. The van der Waals surface area contributed by atoms with Crippen molar-refractivity contribution in [2.75, 3.05) is 17.2 Å². The summed E-state index contributed by atoms with van der Waals surface area (Å²) in [5.41, 5.74) is 5.69. The molecular formula is C20H25ClN4O3. The molecule has 1 aromatic heterocycles. The molecule has 0 fully saturated rings. The number of benzene rings is 1. The number of amides is 1. The van der Waals surface area contributed by atoms with Gasteiger partial charge in [-0.15, -0.1) is 0 Å². The summed E-state index contributed by atoms with van der Waals surface area (Å²) >= 11 is 5.87. The van der Waals surface area contributed by atoms with Crippen LogP contribution in [0.4, 0.5) is 11.5 Å². The normalized spacial score (nSPS) is 11.1. The largest absolute Gasteiger partial charge is 0.383 e. The van der Waals surface area contributed by atoms with E-state index in [0.717, 1.165) is 18.4 Å². The Bertz CT molecular complexity index is 961. The first-order valence-electron chi connectivity index (χ1n) is 9.26. The number of rotatable bonds is 8. The average Bonchev–Trinajstić information content (AvgIpc) is 2.66. The average molecular weight is 405 g/mol. The van der Waals surface area contributed by atoms with Gasteiger partial charge >= 0.3 is 5.69 Å². The molecule has 0 aliphatic rings. The van der Waals surface area contributed by atoms with Gasteiger partial charge in [0.15, 0.2) is 5.69 Å². The molecule has 0 atom stereocenters. The molecule has 3 N–H and O–H groups in total. The van der Waals surface area contributed by atoms with Crippen LogP contribution in [0.1, 0.15) is 38.7 Å². The van der Waals surface area contributed by atoms with Crippen molar-refractivity contribution in [2.45, 2.75) is 39.7 Å². The third kappa shape index (κ3) is 5.13. The van der Waals surface area contributed by atoms with E-state index in [0.29, 0.717) is 24.5 Å². The number of carbonyl (C=O) groups excluding carboxylic acids is 1. The van der Waals surface area contributed by atoms with E-state index >= 15 is 0 Å². The lowest BCUT2D eigenvalue weighted by Crippen LogP contribution is -2.41. The van der Waals surface area contributed by atoms with Crippen molar-refractivity contribution in [3.05, 3.63) is 61.8 Å². The molecule has 7 nitrogen and oxygen atoms in total. The molecule has 0 radical (unpaired) electrons. The van der Waals surface area contributed by atoms with Crippen molar-refractivity contribution < 1.29 is 4.79 Å². The van der Waals surface area contributed by atoms with Gasteiger partial charge in [0.25, 0.3) is 11.5 Å². The molecule has 0 aliphatic carbocycles. The van der Waals surface area contributed by atoms with Crippen LogP contribution in [-0.2, 0) is 11.3 Å². The number of hydrogen-bond acceptors (Lipinski definition) is 4. The minimum atomic E-state index is -0.669. The Morgan fingerprint density at radius 2 is 1.89 bits per heavy atom. The number of aromatic amines is 1. The third-order valence-corrected chi connectivity index (χ3v) is 4.47. The zero-order valence-corrected chi connectivity index (χ0v) is 16.8. The topological polar surface area (TPSA) is 101 Å². The number of anilines is 2. The number of nitrogens with two attached hydrogens (primary N) is 1. The number of nitrogens with zero attached hydrogens (tertiary/aromatic N) is 2. The monoisotopic (exact) mass is 404 g/mol. The highest BCUT2D eigenvalue weighted by Crippen LogP contribution is 2.19. The van der Waals surface area contributed by atoms with Gasteiger partial charge in [-0.25, -0.2) is 4.79 Å². The van der Waals surface area contributed by atoms with Crippen LogP contribution in [-0.4, -0.2) is 22.0 Å². The van der Waals surface area contributed by atoms with Crippen LogP contribution >= 0.6 is 11.6 Å². The van der Waals surface area contributed by atoms with Crippen LogP contribution in [0.3, 0.4) is 0 Å². The summed E-state index contributed by atoms with van der Waals surface area (Å²) in [6, 6.07) is 7.01. The Morgan fingerprint density at radius 3 is 2.50 bits per heavy atom. The first kappa shape index (κ1) is 21.5. The van der Waals surface area contributed by atoms with E-state index in [1.807, 2.05) is 13.8 Å². The van der Waals surface area contributed by atoms with Crippen LogP contribution in [0.5, 0.6) is 0 Å². The maximum absolute atomic E-state index is 12.8. The smallest absolute Gasteiger partial charge is 0.330 e. The van der Waals surface area contributed by atoms with Gasteiger partial charge in [0, 0.05) is 24.2 Å². The van der Waals surface area contributed by atoms with Crippen LogP contribution in [0.25, 0.3) is 6.08 Å². The number of hydrogen-bond donors (Lipinski definition) is 2. The van der Waals surface area contributed by atoms with Crippen molar-refractivity contribution in [1.29, 1.82) is 0 Å². The van der Waals surface area contributed by atoms with Crippen molar-refractivity contribution in [3.63, 3.8) is 0 Å². The number of carbonyl (C=O) groups is 1. The molecular weight excluding hydrogens is 380 g/mol. The van der Waals surface area contributed by atoms with Crippen LogP contribution in [0.15, 0.2) is 39.9 Å². The van der Waals surface area contributed by atoms with Crippen molar-refractivity contribution in [2.24, 2.45) is 0 Å². The fourth-order valence-electron chi connectivity index (χ4n) is 2.76. The van der Waals surface area contributed by atoms with E-state index in [-0.39, 0.29) is 11.5 Å². The van der Waals surface area contributed by atoms with E-state index in [1.165, 1.54) is 15.5 Å². The van der Waals surface area contributed by atoms with Gasteiger partial charge in [0.1, 0.15) is 5.82 Å². The Hall–Kier alpha value is -2.80. The van der Waals surface area contributed by atoms with E-state index in [9.17, 15) is 14.4 Å². The lowest BCUT2D eigenvalue weighted by molar-refractivity contribution is -0.114. The molecule has 0 saturated heterocycles. The Balaban J connectivity index is 2.42. The summed E-state index contributed by atoms with van der Waals surface area (Å²) in [5.74, 6) is -0.390.